The topological polar surface area (TPSA) is 84.2 Å². The lowest BCUT2D eigenvalue weighted by atomic mass is 9.88. The van der Waals surface area contributed by atoms with Gasteiger partial charge in [0.05, 0.1) is 13.2 Å². The zero-order chi connectivity index (χ0) is 32.5. The highest BCUT2D eigenvalue weighted by atomic mass is 16.5. The molecule has 1 aliphatic carbocycles. The monoisotopic (exact) mass is 618 g/mol. The van der Waals surface area contributed by atoms with Gasteiger partial charge in [0.25, 0.3) is 11.5 Å². The van der Waals surface area contributed by atoms with E-state index < -0.39 is 0 Å². The van der Waals surface area contributed by atoms with E-state index in [1.165, 1.54) is 0 Å². The van der Waals surface area contributed by atoms with Crippen LogP contribution in [-0.4, -0.2) is 111 Å². The van der Waals surface area contributed by atoms with E-state index in [0.29, 0.717) is 29.8 Å². The maximum Gasteiger partial charge on any atom is 0.253 e. The second-order valence-corrected chi connectivity index (χ2v) is 12.9. The van der Waals surface area contributed by atoms with Gasteiger partial charge in [0.15, 0.2) is 0 Å². The zero-order valence-electron chi connectivity index (χ0n) is 28.6. The molecule has 1 aromatic carbocycles. The number of piperazine rings is 1. The standard InChI is InChI=1S/C36H54N6O3/c1-8-42(31-13-11-30(12-14-31)40(6)20-21-45-7)34-24-29(10-9-15-41-18-16-39(5)17-19-41)23-32(28(34)4)35(43)37-25-33-26(2)22-27(3)38-36(33)44/h22-24,30-31H,8,11-21,25H2,1-7H3,(H,37,43)(H,38,44). The van der Waals surface area contributed by atoms with Gasteiger partial charge in [-0.1, -0.05) is 11.8 Å². The zero-order valence-corrected chi connectivity index (χ0v) is 28.6. The van der Waals surface area contributed by atoms with Gasteiger partial charge >= 0.3 is 0 Å². The molecule has 1 aliphatic heterocycles. The van der Waals surface area contributed by atoms with E-state index in [-0.39, 0.29) is 18.0 Å². The molecule has 246 valence electrons. The summed E-state index contributed by atoms with van der Waals surface area (Å²) >= 11 is 0. The smallest absolute Gasteiger partial charge is 0.253 e. The predicted molar refractivity (Wildman–Crippen MR) is 183 cm³/mol. The van der Waals surface area contributed by atoms with Gasteiger partial charge in [0.1, 0.15) is 0 Å². The Labute approximate surface area is 270 Å². The molecule has 4 rings (SSSR count). The summed E-state index contributed by atoms with van der Waals surface area (Å²) in [6, 6.07) is 7.01. The quantitative estimate of drug-likeness (QED) is 0.373. The molecule has 2 heterocycles. The summed E-state index contributed by atoms with van der Waals surface area (Å²) in [6.45, 7) is 15.6. The third-order valence-corrected chi connectivity index (χ3v) is 9.70. The molecule has 0 unspecified atom stereocenters. The molecule has 1 saturated heterocycles. The first-order valence-corrected chi connectivity index (χ1v) is 16.6. The van der Waals surface area contributed by atoms with Crippen LogP contribution in [0.25, 0.3) is 0 Å². The third-order valence-electron chi connectivity index (χ3n) is 9.70. The van der Waals surface area contributed by atoms with Gasteiger partial charge < -0.3 is 29.7 Å². The maximum absolute atomic E-state index is 13.8. The molecule has 9 heteroatoms. The molecule has 2 fully saturated rings. The van der Waals surface area contributed by atoms with E-state index in [9.17, 15) is 9.59 Å². The maximum atomic E-state index is 13.8. The lowest BCUT2D eigenvalue weighted by Gasteiger charge is -2.41. The molecule has 0 bridgehead atoms. The summed E-state index contributed by atoms with van der Waals surface area (Å²) in [4.78, 5) is 38.9. The van der Waals surface area contributed by atoms with E-state index in [0.717, 1.165) is 99.6 Å². The van der Waals surface area contributed by atoms with Crippen molar-refractivity contribution in [2.45, 2.75) is 72.0 Å². The summed E-state index contributed by atoms with van der Waals surface area (Å²) in [5, 5.41) is 3.04. The molecule has 45 heavy (non-hydrogen) atoms. The van der Waals surface area contributed by atoms with Gasteiger partial charge in [0, 0.05) is 93.1 Å². The molecule has 1 saturated carbocycles. The van der Waals surface area contributed by atoms with Crippen LogP contribution in [0, 0.1) is 32.6 Å². The number of nitrogens with one attached hydrogen (secondary N) is 2. The molecule has 0 atom stereocenters. The SMILES string of the molecule is CCN(c1cc(C#CCN2CCN(C)CC2)cc(C(=O)NCc2c(C)cc(C)[nH]c2=O)c1C)C1CCC(N(C)CCOC)CC1. The number of carbonyl (C=O) groups excluding carboxylic acids is 1. The summed E-state index contributed by atoms with van der Waals surface area (Å²) < 4.78 is 5.30. The number of hydrogen-bond acceptors (Lipinski definition) is 7. The van der Waals surface area contributed by atoms with Crippen LogP contribution >= 0.6 is 0 Å². The lowest BCUT2D eigenvalue weighted by Crippen LogP contribution is -2.44. The van der Waals surface area contributed by atoms with Gasteiger partial charge in [-0.15, -0.1) is 0 Å². The Bertz CT molecular complexity index is 1410. The number of likely N-dealkylation sites (N-methyl/N-ethyl adjacent to an activating group) is 2. The highest BCUT2D eigenvalue weighted by Gasteiger charge is 2.29. The van der Waals surface area contributed by atoms with Gasteiger partial charge in [-0.3, -0.25) is 14.5 Å². The van der Waals surface area contributed by atoms with E-state index >= 15 is 0 Å². The Hall–Kier alpha value is -3.16. The van der Waals surface area contributed by atoms with Crippen LogP contribution in [0.1, 0.15) is 70.9 Å². The molecular formula is C36H54N6O3. The minimum atomic E-state index is -0.185. The number of pyridine rings is 1. The first-order chi connectivity index (χ1) is 21.6. The molecule has 0 spiro atoms. The van der Waals surface area contributed by atoms with Crippen molar-refractivity contribution in [3.8, 4) is 11.8 Å². The minimum Gasteiger partial charge on any atom is -0.383 e. The van der Waals surface area contributed by atoms with Gasteiger partial charge in [0.2, 0.25) is 0 Å². The third kappa shape index (κ3) is 9.20. The van der Waals surface area contributed by atoms with Crippen molar-refractivity contribution in [2.75, 3.05) is 78.5 Å². The van der Waals surface area contributed by atoms with Crippen molar-refractivity contribution >= 4 is 11.6 Å². The molecule has 0 radical (unpaired) electrons. The predicted octanol–water partition coefficient (Wildman–Crippen LogP) is 3.54. The number of aromatic amines is 1. The fraction of sp³-hybridized carbons (Fsp3) is 0.611. The number of amides is 1. The van der Waals surface area contributed by atoms with Crippen molar-refractivity contribution in [2.24, 2.45) is 0 Å². The summed E-state index contributed by atoms with van der Waals surface area (Å²) in [6.07, 6.45) is 4.49. The van der Waals surface area contributed by atoms with Crippen LogP contribution in [-0.2, 0) is 11.3 Å². The lowest BCUT2D eigenvalue weighted by molar-refractivity contribution is 0.0950. The fourth-order valence-electron chi connectivity index (χ4n) is 6.78. The Kier molecular flexibility index (Phi) is 12.7. The number of aromatic nitrogens is 1. The van der Waals surface area contributed by atoms with Crippen molar-refractivity contribution < 1.29 is 9.53 Å². The Morgan fingerprint density at radius 2 is 1.76 bits per heavy atom. The highest BCUT2D eigenvalue weighted by Crippen LogP contribution is 2.33. The van der Waals surface area contributed by atoms with Crippen LogP contribution in [0.5, 0.6) is 0 Å². The van der Waals surface area contributed by atoms with Crippen LogP contribution < -0.4 is 15.8 Å². The number of nitrogens with zero attached hydrogens (tertiary/aromatic N) is 4. The minimum absolute atomic E-state index is 0.158. The van der Waals surface area contributed by atoms with Crippen LogP contribution in [0.15, 0.2) is 23.0 Å². The largest absolute Gasteiger partial charge is 0.383 e. The first-order valence-electron chi connectivity index (χ1n) is 16.6. The van der Waals surface area contributed by atoms with E-state index in [4.69, 9.17) is 4.74 Å². The van der Waals surface area contributed by atoms with Crippen LogP contribution in [0.3, 0.4) is 0 Å². The van der Waals surface area contributed by atoms with Crippen LogP contribution in [0.4, 0.5) is 5.69 Å². The van der Waals surface area contributed by atoms with Crippen molar-refractivity contribution in [1.82, 2.24) is 25.0 Å². The Morgan fingerprint density at radius 3 is 2.40 bits per heavy atom. The average Bonchev–Trinajstić information content (AvgIpc) is 3.02. The van der Waals surface area contributed by atoms with E-state index in [1.807, 2.05) is 32.9 Å². The number of H-pyrrole nitrogens is 1. The number of carbonyl (C=O) groups is 1. The number of ether oxygens (including phenoxy) is 1. The van der Waals surface area contributed by atoms with Gasteiger partial charge in [-0.2, -0.15) is 0 Å². The summed E-state index contributed by atoms with van der Waals surface area (Å²) in [7, 11) is 6.12. The number of hydrogen-bond donors (Lipinski definition) is 2. The Balaban J connectivity index is 1.58. The number of benzene rings is 1. The average molecular weight is 619 g/mol. The van der Waals surface area contributed by atoms with Gasteiger partial charge in [-0.25, -0.2) is 0 Å². The molecule has 1 amide bonds. The second kappa shape index (κ2) is 16.4. The summed E-state index contributed by atoms with van der Waals surface area (Å²) in [5.74, 6) is 6.61. The van der Waals surface area contributed by atoms with Crippen molar-refractivity contribution in [3.05, 3.63) is 62.1 Å². The summed E-state index contributed by atoms with van der Waals surface area (Å²) in [5.41, 5.74) is 5.60. The molecular weight excluding hydrogens is 564 g/mol. The number of rotatable bonds is 11. The highest BCUT2D eigenvalue weighted by molar-refractivity contribution is 5.97. The molecule has 9 nitrogen and oxygen atoms in total. The number of methoxy groups -OCH3 is 1. The van der Waals surface area contributed by atoms with Gasteiger partial charge in [-0.05, 0) is 96.8 Å². The fourth-order valence-corrected chi connectivity index (χ4v) is 6.78. The Morgan fingerprint density at radius 1 is 1.07 bits per heavy atom. The number of anilines is 1. The molecule has 2 N–H and O–H groups in total. The van der Waals surface area contributed by atoms with Crippen molar-refractivity contribution in [1.29, 1.82) is 0 Å². The second-order valence-electron chi connectivity index (χ2n) is 12.9. The van der Waals surface area contributed by atoms with Crippen LogP contribution in [0.2, 0.25) is 0 Å². The molecule has 1 aromatic heterocycles. The van der Waals surface area contributed by atoms with Crippen molar-refractivity contribution in [3.63, 3.8) is 0 Å². The molecule has 2 aromatic rings. The number of aryl methyl sites for hydroxylation is 2. The normalized spacial score (nSPS) is 19.3. The molecule has 2 aliphatic rings. The van der Waals surface area contributed by atoms with E-state index in [1.54, 1.807) is 7.11 Å². The first kappa shape index (κ1) is 34.7. The van der Waals surface area contributed by atoms with E-state index in [2.05, 4.69) is 68.8 Å².